The summed E-state index contributed by atoms with van der Waals surface area (Å²) in [7, 11) is -3.44. The summed E-state index contributed by atoms with van der Waals surface area (Å²) < 4.78 is 32.2. The maximum absolute atomic E-state index is 12.7. The van der Waals surface area contributed by atoms with E-state index < -0.39 is 10.0 Å². The molecule has 142 valence electrons. The molecule has 2 aromatic rings. The summed E-state index contributed by atoms with van der Waals surface area (Å²) in [5, 5.41) is 4.63. The molecule has 26 heavy (non-hydrogen) atoms. The van der Waals surface area contributed by atoms with E-state index in [1.54, 1.807) is 16.4 Å². The van der Waals surface area contributed by atoms with Crippen LogP contribution in [0, 0.1) is 0 Å². The maximum atomic E-state index is 12.7. The lowest BCUT2D eigenvalue weighted by molar-refractivity contribution is 0.346. The minimum absolute atomic E-state index is 0.0629. The summed E-state index contributed by atoms with van der Waals surface area (Å²) in [5.41, 5.74) is 0. The normalized spacial score (nSPS) is 17.5. The van der Waals surface area contributed by atoms with Gasteiger partial charge in [0.1, 0.15) is 4.90 Å². The summed E-state index contributed by atoms with van der Waals surface area (Å²) in [5.74, 6) is 1.44. The molecule has 1 aliphatic rings. The van der Waals surface area contributed by atoms with Crippen LogP contribution in [-0.4, -0.2) is 40.9 Å². The van der Waals surface area contributed by atoms with Crippen molar-refractivity contribution < 1.29 is 12.9 Å². The van der Waals surface area contributed by atoms with Gasteiger partial charge in [0.25, 0.3) is 0 Å². The summed E-state index contributed by atoms with van der Waals surface area (Å²) >= 11 is 1.46. The molecule has 7 nitrogen and oxygen atoms in total. The van der Waals surface area contributed by atoms with Crippen molar-refractivity contribution in [3.05, 3.63) is 30.0 Å². The smallest absolute Gasteiger partial charge is 0.244 e. The predicted octanol–water partition coefficient (Wildman–Crippen LogP) is 3.62. The number of piperidine rings is 1. The van der Waals surface area contributed by atoms with Crippen LogP contribution >= 0.6 is 11.8 Å². The van der Waals surface area contributed by atoms with Gasteiger partial charge < -0.3 is 4.52 Å². The van der Waals surface area contributed by atoms with E-state index in [-0.39, 0.29) is 16.1 Å². The second kappa shape index (κ2) is 8.06. The van der Waals surface area contributed by atoms with E-state index >= 15 is 0 Å². The molecular weight excluding hydrogens is 372 g/mol. The van der Waals surface area contributed by atoms with E-state index in [9.17, 15) is 8.42 Å². The Labute approximate surface area is 158 Å². The third-order valence-electron chi connectivity index (χ3n) is 4.28. The van der Waals surface area contributed by atoms with Crippen molar-refractivity contribution in [3.63, 3.8) is 0 Å². The van der Waals surface area contributed by atoms with Crippen molar-refractivity contribution >= 4 is 21.8 Å². The summed E-state index contributed by atoms with van der Waals surface area (Å²) in [6, 6.07) is 3.36. The van der Waals surface area contributed by atoms with Crippen LogP contribution in [0.5, 0.6) is 0 Å². The topological polar surface area (TPSA) is 89.2 Å². The van der Waals surface area contributed by atoms with Crippen LogP contribution in [0.4, 0.5) is 0 Å². The van der Waals surface area contributed by atoms with E-state index in [2.05, 4.69) is 15.1 Å². The molecule has 0 bridgehead atoms. The maximum Gasteiger partial charge on any atom is 0.244 e. The standard InChI is InChI=1S/C17H24N4O3S2/c1-12(2)16-19-17(24-20-16)13(3)25-15-8-7-14(11-18-15)26(22,23)21-9-5-4-6-10-21/h7-8,11-13H,4-6,9-10H2,1-3H3. The highest BCUT2D eigenvalue weighted by molar-refractivity contribution is 7.99. The highest BCUT2D eigenvalue weighted by Crippen LogP contribution is 2.33. The number of nitrogens with zero attached hydrogens (tertiary/aromatic N) is 4. The zero-order valence-corrected chi connectivity index (χ0v) is 16.9. The second-order valence-corrected chi connectivity index (χ2v) is 10.0. The van der Waals surface area contributed by atoms with E-state index in [4.69, 9.17) is 4.52 Å². The molecule has 0 amide bonds. The number of rotatable bonds is 6. The van der Waals surface area contributed by atoms with Crippen molar-refractivity contribution in [1.82, 2.24) is 19.4 Å². The largest absolute Gasteiger partial charge is 0.338 e. The van der Waals surface area contributed by atoms with Crippen LogP contribution in [0.1, 0.15) is 62.9 Å². The van der Waals surface area contributed by atoms with E-state index in [1.807, 2.05) is 20.8 Å². The molecule has 0 radical (unpaired) electrons. The SMILES string of the molecule is CC(C)c1noc(C(C)Sc2ccc(S(=O)(=O)N3CCCCC3)cn2)n1. The fourth-order valence-corrected chi connectivity index (χ4v) is 5.00. The molecule has 3 heterocycles. The van der Waals surface area contributed by atoms with Crippen LogP contribution in [0.15, 0.2) is 32.8 Å². The summed E-state index contributed by atoms with van der Waals surface area (Å²) in [4.78, 5) is 8.96. The average Bonchev–Trinajstić information content (AvgIpc) is 3.13. The lowest BCUT2D eigenvalue weighted by Crippen LogP contribution is -2.35. The Kier molecular flexibility index (Phi) is 5.99. The molecule has 1 unspecified atom stereocenters. The van der Waals surface area contributed by atoms with Gasteiger partial charge in [0, 0.05) is 25.2 Å². The van der Waals surface area contributed by atoms with Gasteiger partial charge in [-0.1, -0.05) is 37.2 Å². The number of sulfonamides is 1. The molecule has 1 aliphatic heterocycles. The molecule has 1 saturated heterocycles. The van der Waals surface area contributed by atoms with Crippen LogP contribution in [0.25, 0.3) is 0 Å². The highest BCUT2D eigenvalue weighted by Gasteiger charge is 2.26. The molecule has 2 aromatic heterocycles. The first-order chi connectivity index (χ1) is 12.4. The molecule has 0 N–H and O–H groups in total. The Morgan fingerprint density at radius 3 is 2.46 bits per heavy atom. The van der Waals surface area contributed by atoms with Crippen molar-refractivity contribution in [1.29, 1.82) is 0 Å². The monoisotopic (exact) mass is 396 g/mol. The van der Waals surface area contributed by atoms with Gasteiger partial charge in [0.15, 0.2) is 5.82 Å². The van der Waals surface area contributed by atoms with Gasteiger partial charge >= 0.3 is 0 Å². The Morgan fingerprint density at radius 1 is 1.15 bits per heavy atom. The fraction of sp³-hybridized carbons (Fsp3) is 0.588. The predicted molar refractivity (Wildman–Crippen MR) is 99.5 cm³/mol. The zero-order valence-electron chi connectivity index (χ0n) is 15.3. The number of aromatic nitrogens is 3. The first-order valence-corrected chi connectivity index (χ1v) is 11.2. The Hall–Kier alpha value is -1.45. The number of hydrogen-bond acceptors (Lipinski definition) is 7. The van der Waals surface area contributed by atoms with Crippen molar-refractivity contribution in [3.8, 4) is 0 Å². The third kappa shape index (κ3) is 4.27. The van der Waals surface area contributed by atoms with Crippen molar-refractivity contribution in [2.75, 3.05) is 13.1 Å². The molecule has 9 heteroatoms. The number of hydrogen-bond donors (Lipinski definition) is 0. The number of thioether (sulfide) groups is 1. The highest BCUT2D eigenvalue weighted by atomic mass is 32.2. The van der Waals surface area contributed by atoms with Gasteiger partial charge in [-0.15, -0.1) is 0 Å². The van der Waals surface area contributed by atoms with Crippen LogP contribution in [0.3, 0.4) is 0 Å². The lowest BCUT2D eigenvalue weighted by atomic mass is 10.2. The molecule has 1 atom stereocenters. The average molecular weight is 397 g/mol. The number of pyridine rings is 1. The molecule has 0 aliphatic carbocycles. The lowest BCUT2D eigenvalue weighted by Gasteiger charge is -2.25. The summed E-state index contributed by atoms with van der Waals surface area (Å²) in [6.45, 7) is 7.16. The molecule has 1 fully saturated rings. The van der Waals surface area contributed by atoms with Gasteiger partial charge in [0.05, 0.1) is 10.3 Å². The summed E-state index contributed by atoms with van der Waals surface area (Å²) in [6.07, 6.45) is 4.36. The van der Waals surface area contributed by atoms with Gasteiger partial charge in [-0.2, -0.15) is 9.29 Å². The Morgan fingerprint density at radius 2 is 1.88 bits per heavy atom. The fourth-order valence-electron chi connectivity index (χ4n) is 2.72. The quantitative estimate of drug-likeness (QED) is 0.689. The van der Waals surface area contributed by atoms with E-state index in [0.717, 1.165) is 24.3 Å². The first-order valence-electron chi connectivity index (χ1n) is 8.84. The molecule has 0 spiro atoms. The van der Waals surface area contributed by atoms with Gasteiger partial charge in [-0.05, 0) is 31.9 Å². The molecule has 0 saturated carbocycles. The van der Waals surface area contributed by atoms with Crippen LogP contribution in [-0.2, 0) is 10.0 Å². The Balaban J connectivity index is 1.68. The van der Waals surface area contributed by atoms with Crippen LogP contribution < -0.4 is 0 Å². The van der Waals surface area contributed by atoms with E-state index in [1.165, 1.54) is 18.0 Å². The minimum atomic E-state index is -3.44. The third-order valence-corrected chi connectivity index (χ3v) is 7.20. The van der Waals surface area contributed by atoms with E-state index in [0.29, 0.717) is 24.8 Å². The zero-order chi connectivity index (χ0) is 18.7. The second-order valence-electron chi connectivity index (χ2n) is 6.70. The molecular formula is C17H24N4O3S2. The van der Waals surface area contributed by atoms with Crippen LogP contribution in [0.2, 0.25) is 0 Å². The van der Waals surface area contributed by atoms with Gasteiger partial charge in [0.2, 0.25) is 15.9 Å². The minimum Gasteiger partial charge on any atom is -0.338 e. The van der Waals surface area contributed by atoms with Gasteiger partial charge in [-0.3, -0.25) is 0 Å². The molecule has 3 rings (SSSR count). The first kappa shape index (κ1) is 19.3. The molecule has 0 aromatic carbocycles. The van der Waals surface area contributed by atoms with Gasteiger partial charge in [-0.25, -0.2) is 13.4 Å². The van der Waals surface area contributed by atoms with Crippen molar-refractivity contribution in [2.45, 2.75) is 61.1 Å². The van der Waals surface area contributed by atoms with Crippen molar-refractivity contribution in [2.24, 2.45) is 0 Å². The Bertz CT molecular complexity index is 828.